The summed E-state index contributed by atoms with van der Waals surface area (Å²) in [6.07, 6.45) is -2.46. The van der Waals surface area contributed by atoms with Gasteiger partial charge in [0.15, 0.2) is 5.69 Å². The molecule has 1 N–H and O–H groups in total. The standard InChI is InChI=1S/C23H27ClF5N3O4S/c1-32-20(16-8-5-13(9-10-23(27,28)29)11-17(16)36-22(25)26)18(24)19(31-32)21(33)30-12-14-3-6-15(7-4-14)37(2,34)35/h5,8,11,14-15,22H,3-4,6-7,9-10,12H2,1-2H3,(H,30,33). The molecule has 0 atom stereocenters. The van der Waals surface area contributed by atoms with Gasteiger partial charge in [0.25, 0.3) is 5.91 Å². The van der Waals surface area contributed by atoms with Crippen molar-refractivity contribution >= 4 is 27.3 Å². The van der Waals surface area contributed by atoms with E-state index in [0.717, 1.165) is 6.07 Å². The van der Waals surface area contributed by atoms with Crippen LogP contribution in [0.4, 0.5) is 22.0 Å². The van der Waals surface area contributed by atoms with Crippen LogP contribution in [-0.4, -0.2) is 54.9 Å². The van der Waals surface area contributed by atoms with Gasteiger partial charge in [-0.1, -0.05) is 17.7 Å². The summed E-state index contributed by atoms with van der Waals surface area (Å²) in [7, 11) is -1.67. The van der Waals surface area contributed by atoms with Gasteiger partial charge in [-0.25, -0.2) is 8.42 Å². The molecule has 0 aliphatic heterocycles. The van der Waals surface area contributed by atoms with E-state index in [0.29, 0.717) is 25.7 Å². The quantitative estimate of drug-likeness (QED) is 0.419. The molecule has 0 spiro atoms. The fourth-order valence-corrected chi connectivity index (χ4v) is 5.89. The largest absolute Gasteiger partial charge is 0.434 e. The number of sulfone groups is 1. The van der Waals surface area contributed by atoms with E-state index in [9.17, 15) is 35.2 Å². The molecule has 0 unspecified atom stereocenters. The second-order valence-electron chi connectivity index (χ2n) is 9.14. The Labute approximate surface area is 216 Å². The minimum Gasteiger partial charge on any atom is -0.434 e. The van der Waals surface area contributed by atoms with Gasteiger partial charge in [0, 0.05) is 31.8 Å². The Kier molecular flexibility index (Phi) is 9.10. The van der Waals surface area contributed by atoms with Crippen LogP contribution in [0, 0.1) is 5.92 Å². The molecule has 1 aromatic heterocycles. The topological polar surface area (TPSA) is 90.3 Å². The maximum absolute atomic E-state index is 13.1. The van der Waals surface area contributed by atoms with Crippen LogP contribution in [0.3, 0.4) is 0 Å². The lowest BCUT2D eigenvalue weighted by Gasteiger charge is -2.27. The van der Waals surface area contributed by atoms with E-state index in [1.807, 2.05) is 0 Å². The third-order valence-electron chi connectivity index (χ3n) is 6.37. The van der Waals surface area contributed by atoms with Crippen molar-refractivity contribution in [3.8, 4) is 17.0 Å². The molecular weight excluding hydrogens is 545 g/mol. The number of alkyl halides is 5. The van der Waals surface area contributed by atoms with Crippen molar-refractivity contribution in [1.29, 1.82) is 0 Å². The first kappa shape index (κ1) is 29.2. The van der Waals surface area contributed by atoms with Crippen LogP contribution < -0.4 is 10.1 Å². The Balaban J connectivity index is 1.77. The van der Waals surface area contributed by atoms with Crippen molar-refractivity contribution in [2.75, 3.05) is 12.8 Å². The van der Waals surface area contributed by atoms with E-state index in [4.69, 9.17) is 11.6 Å². The van der Waals surface area contributed by atoms with Crippen molar-refractivity contribution in [2.24, 2.45) is 13.0 Å². The molecule has 7 nitrogen and oxygen atoms in total. The smallest absolute Gasteiger partial charge is 0.389 e. The van der Waals surface area contributed by atoms with E-state index in [1.54, 1.807) is 0 Å². The van der Waals surface area contributed by atoms with Crippen molar-refractivity contribution < 1.29 is 39.9 Å². The van der Waals surface area contributed by atoms with Gasteiger partial charge < -0.3 is 10.1 Å². The number of halogens is 6. The Morgan fingerprint density at radius 2 is 1.89 bits per heavy atom. The second-order valence-corrected chi connectivity index (χ2v) is 11.8. The van der Waals surface area contributed by atoms with E-state index in [2.05, 4.69) is 15.2 Å². The fraction of sp³-hybridized carbons (Fsp3) is 0.565. The normalized spacial score (nSPS) is 18.7. The predicted molar refractivity (Wildman–Crippen MR) is 128 cm³/mol. The molecule has 0 bridgehead atoms. The number of ether oxygens (including phenoxy) is 1. The summed E-state index contributed by atoms with van der Waals surface area (Å²) in [4.78, 5) is 12.8. The zero-order chi connectivity index (χ0) is 27.5. The van der Waals surface area contributed by atoms with Crippen LogP contribution in [0.25, 0.3) is 11.3 Å². The molecule has 2 aromatic rings. The lowest BCUT2D eigenvalue weighted by Crippen LogP contribution is -2.34. The van der Waals surface area contributed by atoms with Gasteiger partial charge in [-0.15, -0.1) is 0 Å². The highest BCUT2D eigenvalue weighted by Gasteiger charge is 2.30. The molecule has 1 saturated carbocycles. The number of amides is 1. The van der Waals surface area contributed by atoms with Crippen molar-refractivity contribution in [2.45, 2.75) is 56.6 Å². The number of nitrogens with one attached hydrogen (secondary N) is 1. The van der Waals surface area contributed by atoms with Crippen LogP contribution in [-0.2, 0) is 23.3 Å². The Hall–Kier alpha value is -2.41. The number of nitrogens with zero attached hydrogens (tertiary/aromatic N) is 2. The molecule has 1 aliphatic carbocycles. The van der Waals surface area contributed by atoms with Gasteiger partial charge >= 0.3 is 12.8 Å². The van der Waals surface area contributed by atoms with E-state index < -0.39 is 47.1 Å². The molecule has 0 radical (unpaired) electrons. The summed E-state index contributed by atoms with van der Waals surface area (Å²) < 4.78 is 93.1. The first-order valence-electron chi connectivity index (χ1n) is 11.5. The molecule has 37 heavy (non-hydrogen) atoms. The Morgan fingerprint density at radius 3 is 2.46 bits per heavy atom. The van der Waals surface area contributed by atoms with Gasteiger partial charge in [-0.05, 0) is 55.7 Å². The van der Waals surface area contributed by atoms with Crippen LogP contribution >= 0.6 is 11.6 Å². The average Bonchev–Trinajstić information content (AvgIpc) is 3.09. The van der Waals surface area contributed by atoms with E-state index >= 15 is 0 Å². The van der Waals surface area contributed by atoms with Gasteiger partial charge in [0.05, 0.1) is 16.0 Å². The molecule has 1 amide bonds. The maximum Gasteiger partial charge on any atom is 0.389 e. The fourth-order valence-electron chi connectivity index (χ4n) is 4.42. The lowest BCUT2D eigenvalue weighted by atomic mass is 9.89. The van der Waals surface area contributed by atoms with Crippen LogP contribution in [0.15, 0.2) is 18.2 Å². The maximum atomic E-state index is 13.1. The minimum atomic E-state index is -4.41. The molecule has 0 saturated heterocycles. The zero-order valence-electron chi connectivity index (χ0n) is 20.1. The van der Waals surface area contributed by atoms with Crippen molar-refractivity contribution in [1.82, 2.24) is 15.1 Å². The van der Waals surface area contributed by atoms with Gasteiger partial charge in [0.2, 0.25) is 0 Å². The zero-order valence-corrected chi connectivity index (χ0v) is 21.7. The number of benzene rings is 1. The summed E-state index contributed by atoms with van der Waals surface area (Å²) in [5, 5.41) is 6.33. The van der Waals surface area contributed by atoms with Crippen LogP contribution in [0.1, 0.15) is 48.2 Å². The molecule has 1 aromatic carbocycles. The highest BCUT2D eigenvalue weighted by Crippen LogP contribution is 2.38. The number of aromatic nitrogens is 2. The van der Waals surface area contributed by atoms with Crippen molar-refractivity contribution in [3.63, 3.8) is 0 Å². The first-order valence-corrected chi connectivity index (χ1v) is 13.8. The minimum absolute atomic E-state index is 0.0363. The summed E-state index contributed by atoms with van der Waals surface area (Å²) in [6.45, 7) is -2.96. The van der Waals surface area contributed by atoms with E-state index in [-0.39, 0.29) is 45.2 Å². The third-order valence-corrected chi connectivity index (χ3v) is 8.41. The number of hydrogen-bond donors (Lipinski definition) is 1. The Morgan fingerprint density at radius 1 is 1.24 bits per heavy atom. The van der Waals surface area contributed by atoms with Crippen molar-refractivity contribution in [3.05, 3.63) is 34.5 Å². The molecule has 14 heteroatoms. The molecular formula is C23H27ClF5N3O4S. The lowest BCUT2D eigenvalue weighted by molar-refractivity contribution is -0.134. The van der Waals surface area contributed by atoms with Gasteiger partial charge in [-0.3, -0.25) is 9.48 Å². The Bertz CT molecular complexity index is 1230. The summed E-state index contributed by atoms with van der Waals surface area (Å²) in [5.41, 5.74) is 0.0967. The molecule has 1 fully saturated rings. The summed E-state index contributed by atoms with van der Waals surface area (Å²) in [5.74, 6) is -0.913. The molecule has 1 heterocycles. The molecule has 1 aliphatic rings. The first-order chi connectivity index (χ1) is 17.2. The molecule has 3 rings (SSSR count). The van der Waals surface area contributed by atoms with Crippen LogP contribution in [0.5, 0.6) is 5.75 Å². The monoisotopic (exact) mass is 571 g/mol. The van der Waals surface area contributed by atoms with E-state index in [1.165, 1.54) is 30.1 Å². The number of rotatable bonds is 9. The number of carbonyl (C=O) groups excluding carboxylic acids is 1. The van der Waals surface area contributed by atoms with Gasteiger partial charge in [0.1, 0.15) is 15.6 Å². The summed E-state index contributed by atoms with van der Waals surface area (Å²) >= 11 is 6.42. The third kappa shape index (κ3) is 7.79. The highest BCUT2D eigenvalue weighted by atomic mass is 35.5. The van der Waals surface area contributed by atoms with Crippen LogP contribution in [0.2, 0.25) is 5.02 Å². The predicted octanol–water partition coefficient (Wildman–Crippen LogP) is 5.17. The average molecular weight is 572 g/mol. The SMILES string of the molecule is Cn1nc(C(=O)NCC2CCC(S(C)(=O)=O)CC2)c(Cl)c1-c1ccc(CCC(F)(F)F)cc1OC(F)F. The number of aryl methyl sites for hydroxylation is 2. The second kappa shape index (κ2) is 11.5. The highest BCUT2D eigenvalue weighted by molar-refractivity contribution is 7.91. The summed E-state index contributed by atoms with van der Waals surface area (Å²) in [6, 6.07) is 3.73. The number of hydrogen-bond acceptors (Lipinski definition) is 5. The van der Waals surface area contributed by atoms with Gasteiger partial charge in [-0.2, -0.15) is 27.1 Å². The molecule has 206 valence electrons. The number of carbonyl (C=O) groups is 1.